The molecule has 0 atom stereocenters. The summed E-state index contributed by atoms with van der Waals surface area (Å²) in [4.78, 5) is 23.1. The number of hydrogen-bond acceptors (Lipinski definition) is 3. The normalized spacial score (nSPS) is 10.4. The highest BCUT2D eigenvalue weighted by Gasteiger charge is 2.06. The number of amides is 2. The highest BCUT2D eigenvalue weighted by molar-refractivity contribution is 6.32. The van der Waals surface area contributed by atoms with Crippen molar-refractivity contribution in [1.82, 2.24) is 10.9 Å². The molecule has 0 aliphatic rings. The van der Waals surface area contributed by atoms with E-state index in [-0.39, 0.29) is 5.75 Å². The Labute approximate surface area is 143 Å². The minimum atomic E-state index is -0.627. The van der Waals surface area contributed by atoms with Crippen molar-refractivity contribution in [2.24, 2.45) is 0 Å². The Kier molecular flexibility index (Phi) is 6.33. The quantitative estimate of drug-likeness (QED) is 0.645. The molecule has 0 heterocycles. The van der Waals surface area contributed by atoms with E-state index in [0.717, 1.165) is 0 Å². The second-order valence-corrected chi connectivity index (χ2v) is 5.02. The zero-order valence-electron chi connectivity index (χ0n) is 12.5. The van der Waals surface area contributed by atoms with Crippen molar-refractivity contribution in [3.63, 3.8) is 0 Å². The molecule has 2 aromatic rings. The Bertz CT molecular complexity index is 765. The van der Waals surface area contributed by atoms with Crippen molar-refractivity contribution in [2.45, 2.75) is 0 Å². The van der Waals surface area contributed by atoms with E-state index in [1.165, 1.54) is 30.4 Å². The number of para-hydroxylation sites is 1. The van der Waals surface area contributed by atoms with Crippen LogP contribution in [0.2, 0.25) is 5.02 Å². The molecule has 24 heavy (non-hydrogen) atoms. The van der Waals surface area contributed by atoms with Gasteiger partial charge in [0.2, 0.25) is 0 Å². The Morgan fingerprint density at radius 1 is 1.08 bits per heavy atom. The first-order chi connectivity index (χ1) is 11.6. The molecule has 2 amide bonds. The average molecular weight is 349 g/mol. The topological polar surface area (TPSA) is 67.4 Å². The molecule has 5 nitrogen and oxygen atoms in total. The molecule has 0 aliphatic carbocycles. The summed E-state index contributed by atoms with van der Waals surface area (Å²) in [6.07, 6.45) is 2.74. The molecule has 7 heteroatoms. The molecule has 0 saturated carbocycles. The van der Waals surface area contributed by atoms with Gasteiger partial charge in [-0.05, 0) is 29.8 Å². The smallest absolute Gasteiger partial charge is 0.276 e. The van der Waals surface area contributed by atoms with Gasteiger partial charge in [-0.25, -0.2) is 4.39 Å². The third-order valence-corrected chi connectivity index (χ3v) is 3.18. The first-order valence-electron chi connectivity index (χ1n) is 6.95. The monoisotopic (exact) mass is 348 g/mol. The number of nitrogens with one attached hydrogen (secondary N) is 2. The molecule has 0 aromatic heterocycles. The van der Waals surface area contributed by atoms with Crippen LogP contribution in [0.3, 0.4) is 0 Å². The molecule has 124 valence electrons. The van der Waals surface area contributed by atoms with Crippen LogP contribution in [0, 0.1) is 5.82 Å². The maximum Gasteiger partial charge on any atom is 0.276 e. The minimum Gasteiger partial charge on any atom is -0.481 e. The van der Waals surface area contributed by atoms with E-state index in [0.29, 0.717) is 10.6 Å². The average Bonchev–Trinajstić information content (AvgIpc) is 2.58. The van der Waals surface area contributed by atoms with Crippen molar-refractivity contribution in [3.8, 4) is 5.75 Å². The van der Waals surface area contributed by atoms with E-state index in [9.17, 15) is 14.0 Å². The summed E-state index contributed by atoms with van der Waals surface area (Å²) in [6, 6.07) is 12.7. The van der Waals surface area contributed by atoms with Crippen LogP contribution in [0.5, 0.6) is 5.75 Å². The lowest BCUT2D eigenvalue weighted by molar-refractivity contribution is -0.128. The fraction of sp³-hybridized carbons (Fsp3) is 0.0588. The van der Waals surface area contributed by atoms with Crippen LogP contribution in [0.1, 0.15) is 5.56 Å². The van der Waals surface area contributed by atoms with E-state index in [1.54, 1.807) is 30.3 Å². The second kappa shape index (κ2) is 8.69. The molecular formula is C17H14ClFN2O3. The molecule has 0 fully saturated rings. The number of hydrazine groups is 1. The van der Waals surface area contributed by atoms with E-state index in [4.69, 9.17) is 16.3 Å². The van der Waals surface area contributed by atoms with Gasteiger partial charge in [-0.3, -0.25) is 20.4 Å². The van der Waals surface area contributed by atoms with Gasteiger partial charge in [0.25, 0.3) is 11.8 Å². The molecule has 0 spiro atoms. The van der Waals surface area contributed by atoms with Crippen LogP contribution in [0.4, 0.5) is 4.39 Å². The Morgan fingerprint density at radius 2 is 1.79 bits per heavy atom. The number of hydrogen-bond donors (Lipinski definition) is 2. The van der Waals surface area contributed by atoms with E-state index in [1.807, 2.05) is 0 Å². The summed E-state index contributed by atoms with van der Waals surface area (Å²) in [5, 5.41) is 0.504. The van der Waals surface area contributed by atoms with Crippen molar-refractivity contribution in [3.05, 3.63) is 71.0 Å². The van der Waals surface area contributed by atoms with Gasteiger partial charge in [-0.15, -0.1) is 0 Å². The van der Waals surface area contributed by atoms with Crippen LogP contribution in [-0.4, -0.2) is 18.4 Å². The SMILES string of the molecule is O=C(/C=C/c1ccccc1Cl)NNC(=O)COc1ccccc1F. The zero-order valence-corrected chi connectivity index (χ0v) is 13.2. The summed E-state index contributed by atoms with van der Waals surface area (Å²) in [7, 11) is 0. The van der Waals surface area contributed by atoms with E-state index >= 15 is 0 Å². The zero-order chi connectivity index (χ0) is 17.4. The number of carbonyl (C=O) groups excluding carboxylic acids is 2. The van der Waals surface area contributed by atoms with Crippen LogP contribution >= 0.6 is 11.6 Å². The third kappa shape index (κ3) is 5.40. The molecule has 2 aromatic carbocycles. The van der Waals surface area contributed by atoms with Gasteiger partial charge in [0, 0.05) is 11.1 Å². The fourth-order valence-electron chi connectivity index (χ4n) is 1.69. The highest BCUT2D eigenvalue weighted by Crippen LogP contribution is 2.16. The van der Waals surface area contributed by atoms with Gasteiger partial charge in [-0.1, -0.05) is 41.9 Å². The van der Waals surface area contributed by atoms with Crippen LogP contribution in [0.25, 0.3) is 6.08 Å². The number of benzene rings is 2. The second-order valence-electron chi connectivity index (χ2n) is 4.61. The number of carbonyl (C=O) groups is 2. The largest absolute Gasteiger partial charge is 0.481 e. The fourth-order valence-corrected chi connectivity index (χ4v) is 1.89. The first-order valence-corrected chi connectivity index (χ1v) is 7.33. The van der Waals surface area contributed by atoms with Crippen LogP contribution in [-0.2, 0) is 9.59 Å². The van der Waals surface area contributed by atoms with Crippen molar-refractivity contribution >= 4 is 29.5 Å². The molecule has 2 N–H and O–H groups in total. The van der Waals surface area contributed by atoms with Gasteiger partial charge < -0.3 is 4.74 Å². The molecule has 2 rings (SSSR count). The van der Waals surface area contributed by atoms with Crippen LogP contribution in [0.15, 0.2) is 54.6 Å². The number of halogens is 2. The lowest BCUT2D eigenvalue weighted by Crippen LogP contribution is -2.43. The summed E-state index contributed by atoms with van der Waals surface area (Å²) in [5.74, 6) is -1.79. The molecule has 0 saturated heterocycles. The van der Waals surface area contributed by atoms with E-state index in [2.05, 4.69) is 10.9 Å². The van der Waals surface area contributed by atoms with Gasteiger partial charge in [-0.2, -0.15) is 0 Å². The Balaban J connectivity index is 1.76. The summed E-state index contributed by atoms with van der Waals surface area (Å²) < 4.78 is 18.3. The molecular weight excluding hydrogens is 335 g/mol. The van der Waals surface area contributed by atoms with Crippen LogP contribution < -0.4 is 15.6 Å². The molecule has 0 bridgehead atoms. The molecule has 0 unspecified atom stereocenters. The highest BCUT2D eigenvalue weighted by atomic mass is 35.5. The minimum absolute atomic E-state index is 0.0439. The summed E-state index contributed by atoms with van der Waals surface area (Å²) in [6.45, 7) is -0.435. The Hall–Kier alpha value is -2.86. The third-order valence-electron chi connectivity index (χ3n) is 2.84. The van der Waals surface area contributed by atoms with Crippen molar-refractivity contribution in [2.75, 3.05) is 6.61 Å². The first kappa shape index (κ1) is 17.5. The lowest BCUT2D eigenvalue weighted by atomic mass is 10.2. The van der Waals surface area contributed by atoms with Crippen molar-refractivity contribution in [1.29, 1.82) is 0 Å². The van der Waals surface area contributed by atoms with Gasteiger partial charge in [0.1, 0.15) is 0 Å². The Morgan fingerprint density at radius 3 is 2.54 bits per heavy atom. The van der Waals surface area contributed by atoms with Gasteiger partial charge in [0.15, 0.2) is 18.2 Å². The predicted octanol–water partition coefficient (Wildman–Crippen LogP) is 2.72. The number of rotatable bonds is 5. The predicted molar refractivity (Wildman–Crippen MR) is 88.7 cm³/mol. The number of ether oxygens (including phenoxy) is 1. The summed E-state index contributed by atoms with van der Waals surface area (Å²) >= 11 is 5.95. The van der Waals surface area contributed by atoms with Gasteiger partial charge >= 0.3 is 0 Å². The van der Waals surface area contributed by atoms with Gasteiger partial charge in [0.05, 0.1) is 0 Å². The maximum atomic E-state index is 13.3. The molecule has 0 aliphatic heterocycles. The maximum absolute atomic E-state index is 13.3. The standard InChI is InChI=1S/C17H14ClFN2O3/c18-13-6-2-1-5-12(13)9-10-16(22)20-21-17(23)11-24-15-8-4-3-7-14(15)19/h1-10H,11H2,(H,20,22)(H,21,23)/b10-9+. The van der Waals surface area contributed by atoms with Crippen molar-refractivity contribution < 1.29 is 18.7 Å². The molecule has 0 radical (unpaired) electrons. The summed E-state index contributed by atoms with van der Waals surface area (Å²) in [5.41, 5.74) is 5.00. The lowest BCUT2D eigenvalue weighted by Gasteiger charge is -2.08. The van der Waals surface area contributed by atoms with E-state index < -0.39 is 24.2 Å².